The third-order valence-corrected chi connectivity index (χ3v) is 5.22. The smallest absolute Gasteiger partial charge is 0.257 e. The number of amides is 1. The number of carbonyl (C=O) groups is 1. The van der Waals surface area contributed by atoms with Gasteiger partial charge in [-0.2, -0.15) is 0 Å². The van der Waals surface area contributed by atoms with Crippen LogP contribution in [-0.4, -0.2) is 55.8 Å². The number of fused-ring (bicyclic) bond motifs is 1. The molecule has 2 unspecified atom stereocenters. The number of hydrogen-bond donors (Lipinski definition) is 1. The van der Waals surface area contributed by atoms with Gasteiger partial charge in [0, 0.05) is 29.6 Å². The van der Waals surface area contributed by atoms with Crippen molar-refractivity contribution in [3.63, 3.8) is 0 Å². The molecule has 1 saturated heterocycles. The van der Waals surface area contributed by atoms with Crippen LogP contribution in [0.25, 0.3) is 10.8 Å². The molecule has 0 bridgehead atoms. The highest BCUT2D eigenvalue weighted by Gasteiger charge is 2.23. The summed E-state index contributed by atoms with van der Waals surface area (Å²) in [5, 5.41) is 5.18. The van der Waals surface area contributed by atoms with E-state index in [1.807, 2.05) is 30.3 Å². The molecular weight excluding hydrogens is 396 g/mol. The maximum atomic E-state index is 12.1. The molecule has 1 fully saturated rings. The summed E-state index contributed by atoms with van der Waals surface area (Å²) in [5.74, 6) is 0.596. The van der Waals surface area contributed by atoms with Gasteiger partial charge in [0.1, 0.15) is 5.75 Å². The van der Waals surface area contributed by atoms with Crippen molar-refractivity contribution in [2.45, 2.75) is 25.9 Å². The lowest BCUT2D eigenvalue weighted by atomic mass is 10.1. The van der Waals surface area contributed by atoms with E-state index in [4.69, 9.17) is 9.47 Å². The molecule has 0 aliphatic carbocycles. The van der Waals surface area contributed by atoms with Gasteiger partial charge in [0.2, 0.25) is 0 Å². The number of hydrogen-bond acceptors (Lipinski definition) is 4. The molecule has 2 aromatic rings. The van der Waals surface area contributed by atoms with E-state index >= 15 is 0 Å². The second-order valence-electron chi connectivity index (χ2n) is 6.76. The molecule has 26 heavy (non-hydrogen) atoms. The second kappa shape index (κ2) is 8.84. The van der Waals surface area contributed by atoms with Crippen molar-refractivity contribution in [2.24, 2.45) is 0 Å². The Hall–Kier alpha value is -1.63. The average Bonchev–Trinajstić information content (AvgIpc) is 2.64. The lowest BCUT2D eigenvalue weighted by molar-refractivity contribution is -0.123. The van der Waals surface area contributed by atoms with Crippen LogP contribution < -0.4 is 10.1 Å². The predicted molar refractivity (Wildman–Crippen MR) is 107 cm³/mol. The fraction of sp³-hybridized carbons (Fsp3) is 0.450. The van der Waals surface area contributed by atoms with Crippen molar-refractivity contribution >= 4 is 32.6 Å². The minimum atomic E-state index is -0.103. The largest absolute Gasteiger partial charge is 0.484 e. The minimum absolute atomic E-state index is 0.0212. The zero-order valence-electron chi connectivity index (χ0n) is 15.2. The normalized spacial score (nSPS) is 19.3. The first kappa shape index (κ1) is 19.1. The van der Waals surface area contributed by atoms with Gasteiger partial charge >= 0.3 is 0 Å². The number of nitrogens with one attached hydrogen (secondary N) is 1. The number of morpholine rings is 1. The maximum Gasteiger partial charge on any atom is 0.257 e. The number of ether oxygens (including phenoxy) is 2. The van der Waals surface area contributed by atoms with E-state index in [1.54, 1.807) is 0 Å². The van der Waals surface area contributed by atoms with Gasteiger partial charge in [-0.05, 0) is 48.9 Å². The highest BCUT2D eigenvalue weighted by atomic mass is 79.9. The molecule has 1 amide bonds. The first-order chi connectivity index (χ1) is 12.5. The van der Waals surface area contributed by atoms with Crippen molar-refractivity contribution in [3.8, 4) is 5.75 Å². The quantitative estimate of drug-likeness (QED) is 0.779. The van der Waals surface area contributed by atoms with Crippen LogP contribution in [0.3, 0.4) is 0 Å². The van der Waals surface area contributed by atoms with Crippen LogP contribution in [0.1, 0.15) is 13.8 Å². The van der Waals surface area contributed by atoms with E-state index in [1.165, 1.54) is 0 Å². The summed E-state index contributed by atoms with van der Waals surface area (Å²) in [4.78, 5) is 14.5. The highest BCUT2D eigenvalue weighted by Crippen LogP contribution is 2.24. The highest BCUT2D eigenvalue weighted by molar-refractivity contribution is 9.10. The standard InChI is InChI=1S/C20H25BrN2O3/c1-14(23-7-8-25-12-15(23)2)11-22-20(24)13-26-19-6-4-16-9-18(21)5-3-17(16)10-19/h3-6,9-10,14-15H,7-8,11-13H2,1-2H3,(H,22,24). The molecule has 140 valence electrons. The molecule has 3 rings (SSSR count). The van der Waals surface area contributed by atoms with Gasteiger partial charge in [-0.15, -0.1) is 0 Å². The van der Waals surface area contributed by atoms with Gasteiger partial charge < -0.3 is 14.8 Å². The molecule has 1 aliphatic rings. The van der Waals surface area contributed by atoms with Crippen LogP contribution in [0.15, 0.2) is 40.9 Å². The summed E-state index contributed by atoms with van der Waals surface area (Å²) in [6.45, 7) is 7.32. The Bertz CT molecular complexity index is 768. The molecule has 1 heterocycles. The first-order valence-electron chi connectivity index (χ1n) is 8.95. The summed E-state index contributed by atoms with van der Waals surface area (Å²) in [7, 11) is 0. The maximum absolute atomic E-state index is 12.1. The minimum Gasteiger partial charge on any atom is -0.484 e. The predicted octanol–water partition coefficient (Wildman–Crippen LogP) is 3.21. The van der Waals surface area contributed by atoms with E-state index < -0.39 is 0 Å². The van der Waals surface area contributed by atoms with Gasteiger partial charge in [0.05, 0.1) is 13.2 Å². The van der Waals surface area contributed by atoms with Gasteiger partial charge in [-0.3, -0.25) is 9.69 Å². The monoisotopic (exact) mass is 420 g/mol. The Morgan fingerprint density at radius 1 is 1.35 bits per heavy atom. The van der Waals surface area contributed by atoms with Crippen molar-refractivity contribution < 1.29 is 14.3 Å². The van der Waals surface area contributed by atoms with Gasteiger partial charge in [0.25, 0.3) is 5.91 Å². The number of benzene rings is 2. The molecule has 1 aliphatic heterocycles. The molecule has 0 spiro atoms. The van der Waals surface area contributed by atoms with Crippen LogP contribution in [0.5, 0.6) is 5.75 Å². The lowest BCUT2D eigenvalue weighted by Crippen LogP contribution is -2.52. The lowest BCUT2D eigenvalue weighted by Gasteiger charge is -2.37. The Morgan fingerprint density at radius 2 is 2.12 bits per heavy atom. The topological polar surface area (TPSA) is 50.8 Å². The molecule has 2 aromatic carbocycles. The van der Waals surface area contributed by atoms with Gasteiger partial charge in [-0.1, -0.05) is 28.1 Å². The van der Waals surface area contributed by atoms with E-state index in [2.05, 4.69) is 46.1 Å². The zero-order chi connectivity index (χ0) is 18.5. The molecule has 0 saturated carbocycles. The Labute approximate surface area is 162 Å². The van der Waals surface area contributed by atoms with Crippen molar-refractivity contribution in [3.05, 3.63) is 40.9 Å². The van der Waals surface area contributed by atoms with Crippen LogP contribution in [0.4, 0.5) is 0 Å². The fourth-order valence-corrected chi connectivity index (χ4v) is 3.64. The Kier molecular flexibility index (Phi) is 6.51. The van der Waals surface area contributed by atoms with E-state index in [0.29, 0.717) is 18.3 Å². The van der Waals surface area contributed by atoms with E-state index in [-0.39, 0.29) is 18.6 Å². The van der Waals surface area contributed by atoms with Crippen LogP contribution in [-0.2, 0) is 9.53 Å². The molecule has 1 N–H and O–H groups in total. The molecular formula is C20H25BrN2O3. The number of nitrogens with zero attached hydrogens (tertiary/aromatic N) is 1. The number of rotatable bonds is 6. The molecule has 2 atom stereocenters. The van der Waals surface area contributed by atoms with Crippen molar-refractivity contribution in [1.82, 2.24) is 10.2 Å². The molecule has 0 radical (unpaired) electrons. The third kappa shape index (κ3) is 4.96. The van der Waals surface area contributed by atoms with Crippen LogP contribution in [0, 0.1) is 0 Å². The van der Waals surface area contributed by atoms with Gasteiger partial charge in [0.15, 0.2) is 6.61 Å². The fourth-order valence-electron chi connectivity index (χ4n) is 3.26. The molecule has 6 heteroatoms. The summed E-state index contributed by atoms with van der Waals surface area (Å²) < 4.78 is 12.2. The summed E-state index contributed by atoms with van der Waals surface area (Å²) in [6.07, 6.45) is 0. The summed E-state index contributed by atoms with van der Waals surface area (Å²) >= 11 is 3.47. The molecule has 5 nitrogen and oxygen atoms in total. The average molecular weight is 421 g/mol. The number of carbonyl (C=O) groups excluding carboxylic acids is 1. The van der Waals surface area contributed by atoms with Crippen LogP contribution in [0.2, 0.25) is 0 Å². The molecule has 0 aromatic heterocycles. The van der Waals surface area contributed by atoms with E-state index in [0.717, 1.165) is 35.0 Å². The SMILES string of the molecule is CC(CNC(=O)COc1ccc2cc(Br)ccc2c1)N1CCOCC1C. The van der Waals surface area contributed by atoms with Crippen molar-refractivity contribution in [1.29, 1.82) is 0 Å². The van der Waals surface area contributed by atoms with Gasteiger partial charge in [-0.25, -0.2) is 0 Å². The second-order valence-corrected chi connectivity index (χ2v) is 7.67. The first-order valence-corrected chi connectivity index (χ1v) is 9.74. The zero-order valence-corrected chi connectivity index (χ0v) is 16.8. The third-order valence-electron chi connectivity index (χ3n) is 4.72. The summed E-state index contributed by atoms with van der Waals surface area (Å²) in [5.41, 5.74) is 0. The van der Waals surface area contributed by atoms with Crippen molar-refractivity contribution in [2.75, 3.05) is 32.9 Å². The van der Waals surface area contributed by atoms with E-state index in [9.17, 15) is 4.79 Å². The van der Waals surface area contributed by atoms with Crippen LogP contribution >= 0.6 is 15.9 Å². The summed E-state index contributed by atoms with van der Waals surface area (Å²) in [6, 6.07) is 12.6. The Morgan fingerprint density at radius 3 is 2.92 bits per heavy atom. The Balaban J connectivity index is 1.47. The number of halogens is 1.